The van der Waals surface area contributed by atoms with Crippen LogP contribution in [-0.2, 0) is 11.2 Å². The van der Waals surface area contributed by atoms with Crippen molar-refractivity contribution >= 4 is 17.5 Å². The summed E-state index contributed by atoms with van der Waals surface area (Å²) in [6, 6.07) is 11.8. The first-order valence-electron chi connectivity index (χ1n) is 14.9. The number of hydrogen-bond acceptors (Lipinski definition) is 4. The van der Waals surface area contributed by atoms with Crippen molar-refractivity contribution in [3.05, 3.63) is 58.1 Å². The molecule has 0 aromatic heterocycles. The molecule has 5 rings (SSSR count). The molecular weight excluding hydrogens is 510 g/mol. The zero-order valence-corrected chi connectivity index (χ0v) is 24.7. The highest BCUT2D eigenvalue weighted by Crippen LogP contribution is 2.47. The van der Waals surface area contributed by atoms with Crippen LogP contribution in [0.25, 0.3) is 0 Å². The van der Waals surface area contributed by atoms with Gasteiger partial charge in [0.15, 0.2) is 11.5 Å². The summed E-state index contributed by atoms with van der Waals surface area (Å²) in [5.41, 5.74) is 2.49. The predicted molar refractivity (Wildman–Crippen MR) is 156 cm³/mol. The van der Waals surface area contributed by atoms with E-state index in [1.807, 2.05) is 44.2 Å². The molecule has 2 atom stereocenters. The number of halogens is 1. The van der Waals surface area contributed by atoms with Crippen molar-refractivity contribution in [2.45, 2.75) is 109 Å². The second kappa shape index (κ2) is 11.7. The van der Waals surface area contributed by atoms with Gasteiger partial charge in [0.2, 0.25) is 5.91 Å². The zero-order chi connectivity index (χ0) is 27.7. The first kappa shape index (κ1) is 28.3. The number of methoxy groups -OCH3 is 1. The number of carbonyl (C=O) groups excluding carboxylic acids is 1. The van der Waals surface area contributed by atoms with Gasteiger partial charge >= 0.3 is 0 Å². The minimum atomic E-state index is -0.626. The molecule has 1 aliphatic heterocycles. The minimum absolute atomic E-state index is 0.000471. The maximum absolute atomic E-state index is 13.9. The molecule has 0 bridgehead atoms. The highest BCUT2D eigenvalue weighted by Gasteiger charge is 2.45. The highest BCUT2D eigenvalue weighted by atomic mass is 35.5. The molecule has 1 N–H and O–H groups in total. The normalized spacial score (nSPS) is 25.8. The summed E-state index contributed by atoms with van der Waals surface area (Å²) in [5.74, 6) is 2.18. The molecule has 1 heterocycles. The first-order valence-corrected chi connectivity index (χ1v) is 15.2. The summed E-state index contributed by atoms with van der Waals surface area (Å²) in [6.45, 7) is 6.09. The lowest BCUT2D eigenvalue weighted by Gasteiger charge is -2.48. The molecule has 2 aromatic carbocycles. The molecular formula is C33H44ClNO4. The number of ether oxygens (including phenoxy) is 2. The van der Waals surface area contributed by atoms with Crippen LogP contribution in [0.4, 0.5) is 0 Å². The molecule has 2 unspecified atom stereocenters. The molecule has 39 heavy (non-hydrogen) atoms. The first-order chi connectivity index (χ1) is 18.7. The highest BCUT2D eigenvalue weighted by molar-refractivity contribution is 6.30. The summed E-state index contributed by atoms with van der Waals surface area (Å²) in [7, 11) is 1.64. The Labute approximate surface area is 238 Å². The topological polar surface area (TPSA) is 59.0 Å². The number of rotatable bonds is 7. The van der Waals surface area contributed by atoms with E-state index < -0.39 is 5.60 Å². The Hall–Kier alpha value is -2.24. The van der Waals surface area contributed by atoms with Crippen LogP contribution in [0.1, 0.15) is 101 Å². The molecule has 0 spiro atoms. The van der Waals surface area contributed by atoms with Crippen molar-refractivity contribution in [2.75, 3.05) is 7.11 Å². The van der Waals surface area contributed by atoms with Crippen molar-refractivity contribution < 1.29 is 19.4 Å². The third kappa shape index (κ3) is 5.81. The number of aliphatic hydroxyl groups is 1. The summed E-state index contributed by atoms with van der Waals surface area (Å²) in [4.78, 5) is 16.0. The van der Waals surface area contributed by atoms with Gasteiger partial charge in [0, 0.05) is 11.1 Å². The third-order valence-corrected chi connectivity index (χ3v) is 9.78. The van der Waals surface area contributed by atoms with Crippen molar-refractivity contribution in [2.24, 2.45) is 11.8 Å². The SMILES string of the molecule is COc1cc2c(cc1OC(C)C)C(c1ccc(Cl)cc1)N(C1CCC(C(C)(O)C3CCCCC3)CC1)C(=O)C2. The standard InChI is InChI=1S/C33H44ClNO4/c1-21(2)39-30-20-28-23(18-29(30)38-4)19-31(36)35(32(28)22-10-14-26(34)15-11-22)27-16-12-25(13-17-27)33(3,37)24-8-6-5-7-9-24/h10-11,14-15,18,20-21,24-25,27,32,37H,5-9,12-13,16-17,19H2,1-4H3. The Kier molecular flexibility index (Phi) is 8.49. The second-order valence-electron chi connectivity index (χ2n) is 12.4. The van der Waals surface area contributed by atoms with Crippen LogP contribution in [0.2, 0.25) is 5.02 Å². The summed E-state index contributed by atoms with van der Waals surface area (Å²) >= 11 is 6.27. The molecule has 2 fully saturated rings. The van der Waals surface area contributed by atoms with Crippen LogP contribution in [0.3, 0.4) is 0 Å². The van der Waals surface area contributed by atoms with Gasteiger partial charge in [-0.25, -0.2) is 0 Å². The maximum atomic E-state index is 13.9. The Bertz CT molecular complexity index is 1150. The van der Waals surface area contributed by atoms with Gasteiger partial charge in [0.05, 0.1) is 31.3 Å². The monoisotopic (exact) mass is 553 g/mol. The van der Waals surface area contributed by atoms with Crippen LogP contribution >= 0.6 is 11.6 Å². The zero-order valence-electron chi connectivity index (χ0n) is 23.9. The average molecular weight is 554 g/mol. The van der Waals surface area contributed by atoms with E-state index in [0.29, 0.717) is 28.9 Å². The van der Waals surface area contributed by atoms with Gasteiger partial charge in [-0.05, 0) is 112 Å². The molecule has 212 valence electrons. The van der Waals surface area contributed by atoms with Crippen LogP contribution < -0.4 is 9.47 Å². The predicted octanol–water partition coefficient (Wildman–Crippen LogP) is 7.50. The van der Waals surface area contributed by atoms with Crippen molar-refractivity contribution in [1.82, 2.24) is 4.90 Å². The van der Waals surface area contributed by atoms with Crippen molar-refractivity contribution in [1.29, 1.82) is 0 Å². The Morgan fingerprint density at radius 3 is 2.21 bits per heavy atom. The van der Waals surface area contributed by atoms with Crippen molar-refractivity contribution in [3.8, 4) is 11.5 Å². The Morgan fingerprint density at radius 1 is 0.949 bits per heavy atom. The van der Waals surface area contributed by atoms with E-state index in [0.717, 1.165) is 55.2 Å². The van der Waals surface area contributed by atoms with E-state index in [2.05, 4.69) is 17.9 Å². The van der Waals surface area contributed by atoms with Gasteiger partial charge in [-0.15, -0.1) is 0 Å². The largest absolute Gasteiger partial charge is 0.493 e. The van der Waals surface area contributed by atoms with E-state index >= 15 is 0 Å². The van der Waals surface area contributed by atoms with Gasteiger partial charge in [0.25, 0.3) is 0 Å². The maximum Gasteiger partial charge on any atom is 0.228 e. The summed E-state index contributed by atoms with van der Waals surface area (Å²) in [6.07, 6.45) is 10.1. The Morgan fingerprint density at radius 2 is 1.59 bits per heavy atom. The molecule has 2 aliphatic carbocycles. The number of amides is 1. The van der Waals surface area contributed by atoms with E-state index in [9.17, 15) is 9.90 Å². The van der Waals surface area contributed by atoms with Crippen molar-refractivity contribution in [3.63, 3.8) is 0 Å². The van der Waals surface area contributed by atoms with Gasteiger partial charge in [0.1, 0.15) is 0 Å². The molecule has 1 amide bonds. The lowest BCUT2D eigenvalue weighted by Crippen LogP contribution is -2.51. The lowest BCUT2D eigenvalue weighted by atomic mass is 9.66. The quantitative estimate of drug-likeness (QED) is 0.385. The van der Waals surface area contributed by atoms with E-state index in [-0.39, 0.29) is 30.0 Å². The van der Waals surface area contributed by atoms with Crippen LogP contribution in [0.5, 0.6) is 11.5 Å². The summed E-state index contributed by atoms with van der Waals surface area (Å²) < 4.78 is 11.8. The van der Waals surface area contributed by atoms with Gasteiger partial charge in [-0.3, -0.25) is 4.79 Å². The molecule has 0 radical (unpaired) electrons. The fraction of sp³-hybridized carbons (Fsp3) is 0.606. The molecule has 3 aliphatic rings. The molecule has 2 saturated carbocycles. The molecule has 5 nitrogen and oxygen atoms in total. The minimum Gasteiger partial charge on any atom is -0.493 e. The number of benzene rings is 2. The Balaban J connectivity index is 1.46. The lowest BCUT2D eigenvalue weighted by molar-refractivity contribution is -0.138. The van der Waals surface area contributed by atoms with E-state index in [1.165, 1.54) is 19.3 Å². The molecule has 0 saturated heterocycles. The number of nitrogens with zero attached hydrogens (tertiary/aromatic N) is 1. The smallest absolute Gasteiger partial charge is 0.228 e. The second-order valence-corrected chi connectivity index (χ2v) is 12.8. The van der Waals surface area contributed by atoms with Gasteiger partial charge in [-0.1, -0.05) is 43.0 Å². The van der Waals surface area contributed by atoms with Crippen LogP contribution in [0, 0.1) is 11.8 Å². The van der Waals surface area contributed by atoms with Crippen LogP contribution in [-0.4, -0.2) is 40.8 Å². The van der Waals surface area contributed by atoms with Gasteiger partial charge < -0.3 is 19.5 Å². The fourth-order valence-corrected chi connectivity index (χ4v) is 7.56. The number of hydrogen-bond donors (Lipinski definition) is 1. The van der Waals surface area contributed by atoms with Crippen LogP contribution in [0.15, 0.2) is 36.4 Å². The summed E-state index contributed by atoms with van der Waals surface area (Å²) in [5, 5.41) is 12.3. The van der Waals surface area contributed by atoms with Gasteiger partial charge in [-0.2, -0.15) is 0 Å². The number of carbonyl (C=O) groups is 1. The average Bonchev–Trinajstić information content (AvgIpc) is 2.93. The van der Waals surface area contributed by atoms with E-state index in [4.69, 9.17) is 21.1 Å². The molecule has 6 heteroatoms. The fourth-order valence-electron chi connectivity index (χ4n) is 7.44. The van der Waals surface area contributed by atoms with E-state index in [1.54, 1.807) is 7.11 Å². The third-order valence-electron chi connectivity index (χ3n) is 9.52. The number of fused-ring (bicyclic) bond motifs is 1. The molecule has 2 aromatic rings.